The summed E-state index contributed by atoms with van der Waals surface area (Å²) in [5.74, 6) is 2.60. The Balaban J connectivity index is 2.12. The van der Waals surface area contributed by atoms with Crippen LogP contribution in [0.2, 0.25) is 0 Å². The van der Waals surface area contributed by atoms with E-state index in [0.717, 1.165) is 0 Å². The van der Waals surface area contributed by atoms with E-state index in [0.29, 0.717) is 5.40 Å². The average Bonchev–Trinajstić information content (AvgIpc) is 2.59. The SMILES string of the molecule is c1ccn(B2SCCS2)c1. The molecule has 1 aromatic rings. The van der Waals surface area contributed by atoms with E-state index in [9.17, 15) is 0 Å². The molecule has 52 valence electrons. The van der Waals surface area contributed by atoms with Crippen molar-refractivity contribution in [1.29, 1.82) is 0 Å². The number of nitrogens with zero attached hydrogens (tertiary/aromatic N) is 1. The summed E-state index contributed by atoms with van der Waals surface area (Å²) in [6, 6.07) is 4.17. The fourth-order valence-corrected chi connectivity index (χ4v) is 3.77. The molecule has 0 aromatic carbocycles. The Morgan fingerprint density at radius 2 is 1.70 bits per heavy atom. The van der Waals surface area contributed by atoms with Crippen molar-refractivity contribution < 1.29 is 0 Å². The summed E-state index contributed by atoms with van der Waals surface area (Å²) in [5, 5.41) is 0.648. The maximum absolute atomic E-state index is 2.27. The quantitative estimate of drug-likeness (QED) is 0.590. The Morgan fingerprint density at radius 3 is 2.30 bits per heavy atom. The van der Waals surface area contributed by atoms with Gasteiger partial charge in [0.2, 0.25) is 0 Å². The Bertz CT molecular complexity index is 194. The molecule has 1 aromatic heterocycles. The zero-order valence-electron chi connectivity index (χ0n) is 5.56. The van der Waals surface area contributed by atoms with E-state index in [4.69, 9.17) is 0 Å². The zero-order valence-corrected chi connectivity index (χ0v) is 7.20. The second-order valence-electron chi connectivity index (χ2n) is 2.18. The van der Waals surface area contributed by atoms with E-state index < -0.39 is 0 Å². The van der Waals surface area contributed by atoms with Crippen LogP contribution in [0.1, 0.15) is 0 Å². The largest absolute Gasteiger partial charge is 0.396 e. The van der Waals surface area contributed by atoms with E-state index in [1.165, 1.54) is 11.5 Å². The highest BCUT2D eigenvalue weighted by atomic mass is 32.2. The van der Waals surface area contributed by atoms with E-state index in [1.807, 2.05) is 23.2 Å². The molecule has 4 heteroatoms. The predicted molar refractivity (Wildman–Crippen MR) is 50.5 cm³/mol. The van der Waals surface area contributed by atoms with E-state index in [2.05, 4.69) is 29.0 Å². The first-order chi connectivity index (χ1) is 4.97. The highest BCUT2D eigenvalue weighted by molar-refractivity contribution is 8.56. The second kappa shape index (κ2) is 2.97. The summed E-state index contributed by atoms with van der Waals surface area (Å²) < 4.78 is 2.27. The summed E-state index contributed by atoms with van der Waals surface area (Å²) in [6.45, 7) is 0. The molecule has 0 spiro atoms. The van der Waals surface area contributed by atoms with Gasteiger partial charge in [0.15, 0.2) is 0 Å². The van der Waals surface area contributed by atoms with Crippen LogP contribution in [0.3, 0.4) is 0 Å². The van der Waals surface area contributed by atoms with E-state index in [1.54, 1.807) is 0 Å². The molecule has 2 heterocycles. The second-order valence-corrected chi connectivity index (χ2v) is 4.85. The van der Waals surface area contributed by atoms with Gasteiger partial charge in [-0.2, -0.15) is 23.2 Å². The van der Waals surface area contributed by atoms with Gasteiger partial charge in [-0.05, 0) is 36.0 Å². The summed E-state index contributed by atoms with van der Waals surface area (Å²) in [6.07, 6.45) is 4.27. The van der Waals surface area contributed by atoms with Crippen molar-refractivity contribution in [1.82, 2.24) is 4.48 Å². The van der Waals surface area contributed by atoms with Crippen LogP contribution < -0.4 is 0 Å². The van der Waals surface area contributed by atoms with Crippen LogP contribution in [0, 0.1) is 0 Å². The molecule has 1 fully saturated rings. The van der Waals surface area contributed by atoms with Crippen LogP contribution in [-0.4, -0.2) is 21.4 Å². The minimum absolute atomic E-state index is 0.648. The van der Waals surface area contributed by atoms with Crippen molar-refractivity contribution in [3.63, 3.8) is 0 Å². The van der Waals surface area contributed by atoms with Gasteiger partial charge in [0.05, 0.1) is 0 Å². The minimum Gasteiger partial charge on any atom is -0.378 e. The normalized spacial score (nSPS) is 18.2. The van der Waals surface area contributed by atoms with Crippen LogP contribution in [0.25, 0.3) is 0 Å². The number of hydrogen-bond donors (Lipinski definition) is 0. The predicted octanol–water partition coefficient (Wildman–Crippen LogP) is 1.80. The fraction of sp³-hybridized carbons (Fsp3) is 0.333. The smallest absolute Gasteiger partial charge is 0.378 e. The summed E-state index contributed by atoms with van der Waals surface area (Å²) in [7, 11) is 0. The molecular formula is C6H8BNS2. The number of rotatable bonds is 1. The molecule has 1 nitrogen and oxygen atoms in total. The minimum atomic E-state index is 0.648. The van der Waals surface area contributed by atoms with Gasteiger partial charge in [-0.1, -0.05) is 0 Å². The molecule has 2 rings (SSSR count). The van der Waals surface area contributed by atoms with Crippen molar-refractivity contribution in [2.24, 2.45) is 0 Å². The van der Waals surface area contributed by atoms with Gasteiger partial charge in [-0.3, -0.25) is 0 Å². The van der Waals surface area contributed by atoms with E-state index >= 15 is 0 Å². The first-order valence-electron chi connectivity index (χ1n) is 3.32. The third kappa shape index (κ3) is 1.23. The van der Waals surface area contributed by atoms with Crippen LogP contribution in [0.5, 0.6) is 0 Å². The van der Waals surface area contributed by atoms with Crippen molar-refractivity contribution in [3.05, 3.63) is 24.5 Å². The summed E-state index contributed by atoms with van der Waals surface area (Å²) >= 11 is 4.05. The number of hydrogen-bond acceptors (Lipinski definition) is 2. The lowest BCUT2D eigenvalue weighted by Gasteiger charge is -2.03. The van der Waals surface area contributed by atoms with Crippen LogP contribution in [-0.2, 0) is 0 Å². The van der Waals surface area contributed by atoms with Crippen LogP contribution in [0.15, 0.2) is 24.5 Å². The van der Waals surface area contributed by atoms with Crippen LogP contribution in [0.4, 0.5) is 0 Å². The first-order valence-corrected chi connectivity index (χ1v) is 5.42. The highest BCUT2D eigenvalue weighted by Crippen LogP contribution is 2.28. The zero-order chi connectivity index (χ0) is 6.81. The molecule has 1 saturated heterocycles. The standard InChI is InChI=1S/C6H8BNS2/c1-2-4-8(3-1)7-9-5-6-10-7/h1-4H,5-6H2. The van der Waals surface area contributed by atoms with Crippen molar-refractivity contribution >= 4 is 28.6 Å². The molecule has 1 aliphatic rings. The molecule has 0 N–H and O–H groups in total. The van der Waals surface area contributed by atoms with Crippen molar-refractivity contribution in [2.75, 3.05) is 11.5 Å². The molecular weight excluding hydrogens is 161 g/mol. The highest BCUT2D eigenvalue weighted by Gasteiger charge is 2.22. The molecule has 0 saturated carbocycles. The molecule has 0 amide bonds. The lowest BCUT2D eigenvalue weighted by molar-refractivity contribution is 1.25. The Kier molecular flexibility index (Phi) is 2.00. The van der Waals surface area contributed by atoms with Crippen molar-refractivity contribution in [3.8, 4) is 0 Å². The Labute approximate surface area is 69.5 Å². The monoisotopic (exact) mass is 169 g/mol. The molecule has 0 atom stereocenters. The molecule has 0 radical (unpaired) electrons. The fourth-order valence-electron chi connectivity index (χ4n) is 1.01. The molecule has 10 heavy (non-hydrogen) atoms. The first kappa shape index (κ1) is 6.74. The lowest BCUT2D eigenvalue weighted by atomic mass is 10.3. The lowest BCUT2D eigenvalue weighted by Crippen LogP contribution is -2.10. The topological polar surface area (TPSA) is 4.93 Å². The third-order valence-electron chi connectivity index (χ3n) is 1.48. The van der Waals surface area contributed by atoms with Gasteiger partial charge in [0.25, 0.3) is 0 Å². The molecule has 1 aliphatic heterocycles. The van der Waals surface area contributed by atoms with Gasteiger partial charge in [0.1, 0.15) is 0 Å². The van der Waals surface area contributed by atoms with Gasteiger partial charge in [-0.25, -0.2) is 0 Å². The maximum Gasteiger partial charge on any atom is 0.396 e. The van der Waals surface area contributed by atoms with Gasteiger partial charge < -0.3 is 4.48 Å². The van der Waals surface area contributed by atoms with Gasteiger partial charge >= 0.3 is 5.40 Å². The van der Waals surface area contributed by atoms with E-state index in [-0.39, 0.29) is 0 Å². The molecule has 0 aliphatic carbocycles. The molecule has 0 unspecified atom stereocenters. The van der Waals surface area contributed by atoms with Gasteiger partial charge in [-0.15, -0.1) is 0 Å². The average molecular weight is 169 g/mol. The molecule has 0 bridgehead atoms. The number of aromatic nitrogens is 1. The summed E-state index contributed by atoms with van der Waals surface area (Å²) in [5.41, 5.74) is 0. The Morgan fingerprint density at radius 1 is 1.10 bits per heavy atom. The van der Waals surface area contributed by atoms with Gasteiger partial charge in [0, 0.05) is 0 Å². The maximum atomic E-state index is 2.27. The summed E-state index contributed by atoms with van der Waals surface area (Å²) in [4.78, 5) is 0. The third-order valence-corrected chi connectivity index (χ3v) is 4.49. The Hall–Kier alpha value is 0.0449. The van der Waals surface area contributed by atoms with Crippen molar-refractivity contribution in [2.45, 2.75) is 0 Å². The van der Waals surface area contributed by atoms with Crippen LogP contribution >= 0.6 is 23.2 Å².